The van der Waals surface area contributed by atoms with Gasteiger partial charge in [0.2, 0.25) is 0 Å². The summed E-state index contributed by atoms with van der Waals surface area (Å²) in [4.78, 5) is 0. The molecule has 0 saturated carbocycles. The summed E-state index contributed by atoms with van der Waals surface area (Å²) in [6.07, 6.45) is 0. The average molecular weight is 326 g/mol. The van der Waals surface area contributed by atoms with Crippen LogP contribution in [0.4, 0.5) is 4.39 Å². The average Bonchev–Trinajstić information content (AvgIpc) is 1.99. The lowest BCUT2D eigenvalue weighted by Gasteiger charge is -1.98. The van der Waals surface area contributed by atoms with Crippen LogP contribution in [0.3, 0.4) is 0 Å². The molecule has 11 heavy (non-hydrogen) atoms. The van der Waals surface area contributed by atoms with E-state index >= 15 is 0 Å². The molecule has 0 fully saturated rings. The van der Waals surface area contributed by atoms with Gasteiger partial charge in [-0.05, 0) is 50.7 Å². The molecular weight excluding hydrogens is 324 g/mol. The van der Waals surface area contributed by atoms with Crippen LogP contribution >= 0.6 is 38.5 Å². The topological polar surface area (TPSA) is 23.8 Å². The Labute approximate surface area is 85.5 Å². The second kappa shape index (κ2) is 3.50. The van der Waals surface area contributed by atoms with Gasteiger partial charge in [-0.3, -0.25) is 0 Å². The number of halogens is 3. The molecule has 1 aromatic rings. The normalized spacial score (nSPS) is 9.27. The highest BCUT2D eigenvalue weighted by Crippen LogP contribution is 2.23. The Bertz CT molecular complexity index is 332. The third kappa shape index (κ3) is 1.71. The van der Waals surface area contributed by atoms with Gasteiger partial charge in [0, 0.05) is 8.04 Å². The lowest BCUT2D eigenvalue weighted by atomic mass is 10.2. The van der Waals surface area contributed by atoms with Gasteiger partial charge in [-0.25, -0.2) is 4.39 Å². The third-order valence-corrected chi connectivity index (χ3v) is 3.68. The Hall–Kier alpha value is -0.150. The number of rotatable bonds is 0. The number of nitriles is 1. The van der Waals surface area contributed by atoms with E-state index in [1.807, 2.05) is 22.6 Å². The smallest absolute Gasteiger partial charge is 0.142 e. The second-order valence-electron chi connectivity index (χ2n) is 1.83. The van der Waals surface area contributed by atoms with Crippen molar-refractivity contribution in [2.45, 2.75) is 0 Å². The summed E-state index contributed by atoms with van der Waals surface area (Å²) in [5.74, 6) is -0.472. The molecule has 0 aliphatic heterocycles. The standard InChI is InChI=1S/C7H2BrFIN/c8-5-1-2-6(9)4(3-11)7(5)10/h1-2H. The fraction of sp³-hybridized carbons (Fsp3) is 0. The quantitative estimate of drug-likeness (QED) is 0.531. The monoisotopic (exact) mass is 325 g/mol. The lowest BCUT2D eigenvalue weighted by Crippen LogP contribution is -1.88. The maximum Gasteiger partial charge on any atom is 0.142 e. The van der Waals surface area contributed by atoms with Gasteiger partial charge >= 0.3 is 0 Å². The van der Waals surface area contributed by atoms with E-state index in [4.69, 9.17) is 5.26 Å². The van der Waals surface area contributed by atoms with Gasteiger partial charge in [0.05, 0.1) is 0 Å². The zero-order valence-corrected chi connectivity index (χ0v) is 8.98. The Morgan fingerprint density at radius 2 is 2.18 bits per heavy atom. The van der Waals surface area contributed by atoms with Crippen LogP contribution < -0.4 is 0 Å². The van der Waals surface area contributed by atoms with Crippen molar-refractivity contribution in [1.82, 2.24) is 0 Å². The third-order valence-electron chi connectivity index (χ3n) is 1.16. The Morgan fingerprint density at radius 1 is 1.55 bits per heavy atom. The number of benzene rings is 1. The van der Waals surface area contributed by atoms with E-state index in [9.17, 15) is 4.39 Å². The number of hydrogen-bond donors (Lipinski definition) is 0. The molecule has 1 aromatic carbocycles. The molecule has 4 heteroatoms. The van der Waals surface area contributed by atoms with Gasteiger partial charge in [-0.2, -0.15) is 5.26 Å². The Morgan fingerprint density at radius 3 is 2.64 bits per heavy atom. The van der Waals surface area contributed by atoms with Crippen LogP contribution in [-0.2, 0) is 0 Å². The molecular formula is C7H2BrFIN. The number of hydrogen-bond acceptors (Lipinski definition) is 1. The molecule has 0 aliphatic rings. The number of nitrogens with zero attached hydrogens (tertiary/aromatic N) is 1. The summed E-state index contributed by atoms with van der Waals surface area (Å²) >= 11 is 5.12. The van der Waals surface area contributed by atoms with Crippen molar-refractivity contribution in [3.63, 3.8) is 0 Å². The summed E-state index contributed by atoms with van der Waals surface area (Å²) in [6, 6.07) is 4.64. The highest BCUT2D eigenvalue weighted by Gasteiger charge is 2.08. The van der Waals surface area contributed by atoms with Crippen molar-refractivity contribution < 1.29 is 4.39 Å². The summed E-state index contributed by atoms with van der Waals surface area (Å²) in [5, 5.41) is 8.51. The molecule has 1 nitrogen and oxygen atoms in total. The minimum absolute atomic E-state index is 0.0972. The fourth-order valence-corrected chi connectivity index (χ4v) is 1.52. The molecule has 0 aliphatic carbocycles. The van der Waals surface area contributed by atoms with Gasteiger partial charge in [-0.1, -0.05) is 0 Å². The molecule has 0 amide bonds. The van der Waals surface area contributed by atoms with Crippen LogP contribution in [0.1, 0.15) is 5.56 Å². The van der Waals surface area contributed by atoms with Crippen LogP contribution in [0.5, 0.6) is 0 Å². The molecule has 0 unspecified atom stereocenters. The van der Waals surface area contributed by atoms with Crippen LogP contribution in [0.25, 0.3) is 0 Å². The van der Waals surface area contributed by atoms with Crippen molar-refractivity contribution in [3.05, 3.63) is 31.6 Å². The summed E-state index contributed by atoms with van der Waals surface area (Å²) in [5.41, 5.74) is 0.0972. The van der Waals surface area contributed by atoms with Crippen molar-refractivity contribution in [1.29, 1.82) is 5.26 Å². The van der Waals surface area contributed by atoms with E-state index in [1.165, 1.54) is 6.07 Å². The maximum absolute atomic E-state index is 12.8. The van der Waals surface area contributed by atoms with Gasteiger partial charge in [0.1, 0.15) is 17.4 Å². The summed E-state index contributed by atoms with van der Waals surface area (Å²) in [7, 11) is 0. The fourth-order valence-electron chi connectivity index (χ4n) is 0.630. The predicted octanol–water partition coefficient (Wildman–Crippen LogP) is 3.06. The molecule has 1 rings (SSSR count). The van der Waals surface area contributed by atoms with Crippen molar-refractivity contribution >= 4 is 38.5 Å². The highest BCUT2D eigenvalue weighted by atomic mass is 127. The largest absolute Gasteiger partial charge is 0.206 e. The van der Waals surface area contributed by atoms with E-state index in [0.29, 0.717) is 3.57 Å². The van der Waals surface area contributed by atoms with E-state index in [-0.39, 0.29) is 5.56 Å². The minimum atomic E-state index is -0.472. The van der Waals surface area contributed by atoms with Crippen molar-refractivity contribution in [2.75, 3.05) is 0 Å². The van der Waals surface area contributed by atoms with E-state index in [0.717, 1.165) is 4.47 Å². The van der Waals surface area contributed by atoms with Crippen LogP contribution in [-0.4, -0.2) is 0 Å². The lowest BCUT2D eigenvalue weighted by molar-refractivity contribution is 0.622. The Kier molecular flexibility index (Phi) is 2.84. The first-order valence-corrected chi connectivity index (χ1v) is 4.57. The SMILES string of the molecule is N#Cc1c(F)ccc(Br)c1I. The summed E-state index contributed by atoms with van der Waals surface area (Å²) < 4.78 is 14.1. The van der Waals surface area contributed by atoms with E-state index in [2.05, 4.69) is 15.9 Å². The van der Waals surface area contributed by atoms with Crippen molar-refractivity contribution in [3.8, 4) is 6.07 Å². The first kappa shape index (κ1) is 8.94. The van der Waals surface area contributed by atoms with Crippen LogP contribution in [0.15, 0.2) is 16.6 Å². The molecule has 0 atom stereocenters. The van der Waals surface area contributed by atoms with Gasteiger partial charge in [0.25, 0.3) is 0 Å². The molecule has 56 valence electrons. The Balaban J connectivity index is 3.44. The maximum atomic E-state index is 12.8. The molecule has 0 heterocycles. The van der Waals surface area contributed by atoms with Crippen LogP contribution in [0.2, 0.25) is 0 Å². The molecule has 0 aromatic heterocycles. The van der Waals surface area contributed by atoms with Gasteiger partial charge < -0.3 is 0 Å². The molecule has 0 spiro atoms. The second-order valence-corrected chi connectivity index (χ2v) is 3.76. The predicted molar refractivity (Wildman–Crippen MR) is 51.5 cm³/mol. The zero-order chi connectivity index (χ0) is 8.43. The molecule has 0 radical (unpaired) electrons. The molecule has 0 N–H and O–H groups in total. The van der Waals surface area contributed by atoms with Crippen LogP contribution in [0, 0.1) is 20.7 Å². The van der Waals surface area contributed by atoms with Crippen molar-refractivity contribution in [2.24, 2.45) is 0 Å². The zero-order valence-electron chi connectivity index (χ0n) is 5.24. The first-order valence-electron chi connectivity index (χ1n) is 2.70. The van der Waals surface area contributed by atoms with Gasteiger partial charge in [0.15, 0.2) is 0 Å². The van der Waals surface area contributed by atoms with E-state index in [1.54, 1.807) is 12.1 Å². The molecule has 0 bridgehead atoms. The van der Waals surface area contributed by atoms with E-state index < -0.39 is 5.82 Å². The first-order chi connectivity index (χ1) is 5.16. The molecule has 0 saturated heterocycles. The summed E-state index contributed by atoms with van der Waals surface area (Å²) in [6.45, 7) is 0. The minimum Gasteiger partial charge on any atom is -0.206 e. The van der Waals surface area contributed by atoms with Gasteiger partial charge in [-0.15, -0.1) is 0 Å². The highest BCUT2D eigenvalue weighted by molar-refractivity contribution is 14.1.